The van der Waals surface area contributed by atoms with E-state index in [4.69, 9.17) is 32.7 Å². The maximum atomic E-state index is 11.0. The molecule has 0 radical (unpaired) electrons. The fourth-order valence-corrected chi connectivity index (χ4v) is 7.27. The zero-order chi connectivity index (χ0) is 43.2. The van der Waals surface area contributed by atoms with E-state index in [9.17, 15) is 45.3 Å². The third-order valence-electron chi connectivity index (χ3n) is 10.0. The minimum atomic E-state index is -1.06. The normalized spacial score (nSPS) is 25.1. The van der Waals surface area contributed by atoms with Crippen molar-refractivity contribution in [3.8, 4) is 11.5 Å². The first-order valence-corrected chi connectivity index (χ1v) is 20.5. The van der Waals surface area contributed by atoms with Gasteiger partial charge in [0.1, 0.15) is 36.9 Å². The molecule has 15 heteroatoms. The first-order chi connectivity index (χ1) is 28.3. The number of aliphatic hydroxyl groups is 6. The molecule has 0 amide bonds. The molecule has 0 bridgehead atoms. The number of hydrogen-bond donors (Lipinski definition) is 6. The Hall–Kier alpha value is -2.98. The van der Waals surface area contributed by atoms with Gasteiger partial charge < -0.3 is 54.8 Å². The van der Waals surface area contributed by atoms with Crippen LogP contribution >= 0.6 is 23.2 Å². The van der Waals surface area contributed by atoms with Crippen molar-refractivity contribution in [3.05, 3.63) is 119 Å². The van der Waals surface area contributed by atoms with Gasteiger partial charge in [-0.05, 0) is 86.8 Å². The Morgan fingerprint density at radius 1 is 0.750 bits per heavy atom. The van der Waals surface area contributed by atoms with Crippen LogP contribution in [0.1, 0.15) is 51.4 Å². The van der Waals surface area contributed by atoms with E-state index in [1.54, 1.807) is 78.9 Å². The average Bonchev–Trinajstić information content (AvgIpc) is 3.63. The van der Waals surface area contributed by atoms with Crippen LogP contribution in [0.15, 0.2) is 109 Å². The minimum Gasteiger partial charge on any atom is -0.550 e. The number of carbonyl (C=O) groups is 2. The number of allylic oxidation sites excluding steroid dienone is 5. The van der Waals surface area contributed by atoms with Crippen molar-refractivity contribution < 1.29 is 89.1 Å². The van der Waals surface area contributed by atoms with E-state index in [-0.39, 0.29) is 79.3 Å². The van der Waals surface area contributed by atoms with E-state index in [1.165, 1.54) is 13.2 Å². The van der Waals surface area contributed by atoms with Gasteiger partial charge >= 0.3 is 35.5 Å². The van der Waals surface area contributed by atoms with Gasteiger partial charge in [-0.1, -0.05) is 90.0 Å². The molecule has 0 saturated heterocycles. The molecule has 2 aliphatic carbocycles. The second-order valence-corrected chi connectivity index (χ2v) is 15.4. The molecule has 6 N–H and O–H groups in total. The van der Waals surface area contributed by atoms with Gasteiger partial charge in [0.05, 0.1) is 31.5 Å². The van der Waals surface area contributed by atoms with Crippen LogP contribution in [0.4, 0.5) is 0 Å². The Kier molecular flexibility index (Phi) is 26.0. The molecule has 4 rings (SSSR count). The van der Waals surface area contributed by atoms with Gasteiger partial charge in [0.2, 0.25) is 0 Å². The molecule has 2 aromatic carbocycles. The van der Waals surface area contributed by atoms with Crippen molar-refractivity contribution in [1.29, 1.82) is 0 Å². The zero-order valence-electron chi connectivity index (χ0n) is 34.1. The van der Waals surface area contributed by atoms with Crippen LogP contribution in [0.2, 0.25) is 10.0 Å². The fraction of sp³-hybridized carbons (Fsp3) is 0.467. The van der Waals surface area contributed by atoms with Gasteiger partial charge in [-0.3, -0.25) is 0 Å². The maximum Gasteiger partial charge on any atom is 1.00 e. The third-order valence-corrected chi connectivity index (χ3v) is 10.5. The van der Waals surface area contributed by atoms with Crippen LogP contribution in [-0.4, -0.2) is 99.5 Å². The SMILES string of the molecule is COC(=O)/C=C/C/C=C\C[C@@H]1[C@@H](/C=C/[C@@H](O)COc2cccc(Cl)c2)[C@H](O)C[C@@H]1O.O=C([O-])CCC/C=C\C[C@@H]1[C@@H](/C=C/[C@@H](O)COc2cccc(Cl)c2)[C@H](O)C[C@@H]1O.[Na+]. The third kappa shape index (κ3) is 20.3. The number of hydrogen-bond acceptors (Lipinski definition) is 12. The molecule has 10 atom stereocenters. The van der Waals surface area contributed by atoms with Gasteiger partial charge in [-0.2, -0.15) is 0 Å². The Morgan fingerprint density at radius 3 is 1.68 bits per heavy atom. The van der Waals surface area contributed by atoms with Crippen LogP contribution in [-0.2, 0) is 14.3 Å². The van der Waals surface area contributed by atoms with E-state index in [2.05, 4.69) is 4.74 Å². The summed E-state index contributed by atoms with van der Waals surface area (Å²) < 4.78 is 15.5. The summed E-state index contributed by atoms with van der Waals surface area (Å²) in [6.07, 6.45) is 16.4. The van der Waals surface area contributed by atoms with Crippen molar-refractivity contribution in [2.75, 3.05) is 20.3 Å². The van der Waals surface area contributed by atoms with Gasteiger partial charge in [-0.15, -0.1) is 0 Å². The van der Waals surface area contributed by atoms with Crippen LogP contribution in [0.3, 0.4) is 0 Å². The Balaban J connectivity index is 0.000000407. The molecule has 2 saturated carbocycles. The van der Waals surface area contributed by atoms with Gasteiger partial charge in [0.15, 0.2) is 0 Å². The summed E-state index contributed by atoms with van der Waals surface area (Å²) in [5.74, 6) is -1.21. The van der Waals surface area contributed by atoms with Crippen molar-refractivity contribution in [2.24, 2.45) is 23.7 Å². The predicted octanol–water partition coefficient (Wildman–Crippen LogP) is 1.92. The van der Waals surface area contributed by atoms with E-state index < -0.39 is 48.6 Å². The number of halogens is 2. The molecular weight excluding hydrogens is 826 g/mol. The maximum absolute atomic E-state index is 11.0. The Morgan fingerprint density at radius 2 is 1.23 bits per heavy atom. The standard InChI is InChI=1S/C23H29ClO6.C22H29ClO6.Na/c1-29-23(28)10-5-3-2-4-9-19-20(22(27)14-21(19)26)12-11-17(25)15-30-18-8-6-7-16(24)13-18;23-15-6-5-7-17(12-15)29-14-16(24)10-11-19-18(20(25)13-21(19)26)8-3-1-2-4-9-22(27)28;/h2,4-8,10-13,17,19-22,25-27H,3,9,14-15H2,1H3;1,3,5-7,10-12,16,18-21,24-26H,2,4,8-9,13-14H2,(H,27,28);/q;;+1/p-1/b4-2-,10-5+,12-11+;3-1-,11-10+;/t17-,19-,20-,21+,22-;16-,18-,19-,20+,21-;/m11./s1. The number of methoxy groups -OCH3 is 1. The number of aliphatic carboxylic acids is 1. The topological polar surface area (TPSA) is 206 Å². The number of carbonyl (C=O) groups excluding carboxylic acids is 2. The van der Waals surface area contributed by atoms with Crippen molar-refractivity contribution in [3.63, 3.8) is 0 Å². The molecule has 2 aliphatic rings. The second-order valence-electron chi connectivity index (χ2n) is 14.5. The summed E-state index contributed by atoms with van der Waals surface area (Å²) in [6, 6.07) is 13.8. The first-order valence-electron chi connectivity index (χ1n) is 19.7. The van der Waals surface area contributed by atoms with E-state index in [1.807, 2.05) is 24.3 Å². The summed E-state index contributed by atoms with van der Waals surface area (Å²) in [5.41, 5.74) is 0. The molecule has 0 aliphatic heterocycles. The van der Waals surface area contributed by atoms with Crippen LogP contribution in [0.5, 0.6) is 11.5 Å². The fourth-order valence-electron chi connectivity index (χ4n) is 6.91. The molecule has 60 heavy (non-hydrogen) atoms. The van der Waals surface area contributed by atoms with Gasteiger partial charge in [0.25, 0.3) is 0 Å². The summed E-state index contributed by atoms with van der Waals surface area (Å²) in [6.45, 7) is 0.102. The monoisotopic (exact) mass is 882 g/mol. The van der Waals surface area contributed by atoms with Crippen molar-refractivity contribution in [2.45, 2.75) is 88.0 Å². The molecule has 0 heterocycles. The van der Waals surface area contributed by atoms with Crippen LogP contribution in [0.25, 0.3) is 0 Å². The van der Waals surface area contributed by atoms with E-state index in [0.29, 0.717) is 60.1 Å². The van der Waals surface area contributed by atoms with Crippen LogP contribution in [0, 0.1) is 23.7 Å². The van der Waals surface area contributed by atoms with E-state index >= 15 is 0 Å². The number of carboxylic acid groups (broad SMARTS) is 1. The summed E-state index contributed by atoms with van der Waals surface area (Å²) in [7, 11) is 1.32. The average molecular weight is 884 g/mol. The second kappa shape index (κ2) is 29.3. The summed E-state index contributed by atoms with van der Waals surface area (Å²) in [5, 5.41) is 72.8. The van der Waals surface area contributed by atoms with Gasteiger partial charge in [-0.25, -0.2) is 4.79 Å². The van der Waals surface area contributed by atoms with E-state index in [0.717, 1.165) is 0 Å². The Bertz CT molecular complexity index is 1720. The number of carboxylic acids is 1. The number of benzene rings is 2. The van der Waals surface area contributed by atoms with Crippen molar-refractivity contribution >= 4 is 35.1 Å². The summed E-state index contributed by atoms with van der Waals surface area (Å²) >= 11 is 11.8. The van der Waals surface area contributed by atoms with Crippen molar-refractivity contribution in [1.82, 2.24) is 0 Å². The summed E-state index contributed by atoms with van der Waals surface area (Å²) in [4.78, 5) is 21.4. The molecule has 12 nitrogen and oxygen atoms in total. The quantitative estimate of drug-likeness (QED) is 0.0350. The first kappa shape index (κ1) is 53.2. The number of unbranched alkanes of at least 4 members (excludes halogenated alkanes) is 1. The largest absolute Gasteiger partial charge is 1.00 e. The molecule has 0 aromatic heterocycles. The molecular formula is C45H57Cl2NaO12. The number of esters is 1. The molecule has 2 aromatic rings. The van der Waals surface area contributed by atoms with Gasteiger partial charge in [0, 0.05) is 46.8 Å². The number of aliphatic hydroxyl groups excluding tert-OH is 6. The Labute approximate surface area is 384 Å². The number of ether oxygens (including phenoxy) is 3. The molecule has 0 unspecified atom stereocenters. The zero-order valence-corrected chi connectivity index (χ0v) is 37.6. The molecule has 0 spiro atoms. The molecule has 324 valence electrons. The smallest absolute Gasteiger partial charge is 0.550 e. The number of rotatable bonds is 21. The minimum absolute atomic E-state index is 0. The predicted molar refractivity (Wildman–Crippen MR) is 224 cm³/mol. The molecule has 2 fully saturated rings. The van der Waals surface area contributed by atoms with Crippen LogP contribution < -0.4 is 44.1 Å².